The molecule has 0 bridgehead atoms. The lowest BCUT2D eigenvalue weighted by atomic mass is 9.96. The van der Waals surface area contributed by atoms with E-state index in [0.717, 1.165) is 26.2 Å². The van der Waals surface area contributed by atoms with Gasteiger partial charge in [-0.15, -0.1) is 0 Å². The Labute approximate surface area is 145 Å². The minimum Gasteiger partial charge on any atom is -0.503 e. The van der Waals surface area contributed by atoms with Gasteiger partial charge in [-0.1, -0.05) is 18.2 Å². The Morgan fingerprint density at radius 1 is 1.28 bits per heavy atom. The molecule has 0 spiro atoms. The molecule has 1 fully saturated rings. The highest BCUT2D eigenvalue weighted by molar-refractivity contribution is 6.08. The van der Waals surface area contributed by atoms with Crippen molar-refractivity contribution in [1.29, 1.82) is 0 Å². The fraction of sp³-hybridized carbons (Fsp3) is 0.444. The zero-order chi connectivity index (χ0) is 18.0. The lowest BCUT2D eigenvalue weighted by Crippen LogP contribution is -2.47. The van der Waals surface area contributed by atoms with Crippen LogP contribution in [0.1, 0.15) is 18.5 Å². The number of nitrogens with zero attached hydrogens (tertiary/aromatic N) is 2. The Morgan fingerprint density at radius 2 is 1.96 bits per heavy atom. The van der Waals surface area contributed by atoms with Gasteiger partial charge in [-0.2, -0.15) is 0 Å². The molecule has 1 aromatic carbocycles. The molecule has 0 aromatic heterocycles. The van der Waals surface area contributed by atoms with Crippen LogP contribution in [0.5, 0.6) is 0 Å². The molecule has 0 aliphatic carbocycles. The standard InChI is InChI=1S/C18H22FN3O3/c1-12(23)15-16(13-4-2-3-5-14(13)19)22(18(25)17(15)24)11-10-21-8-6-20-7-9-21/h2-5,16,20,24H,6-11H2,1H3/t16-/m1/s1. The van der Waals surface area contributed by atoms with Crippen molar-refractivity contribution in [3.05, 3.63) is 47.0 Å². The average Bonchev–Trinajstić information content (AvgIpc) is 2.85. The molecular formula is C18H22FN3O3. The number of aliphatic hydroxyl groups is 1. The third kappa shape index (κ3) is 3.43. The minimum absolute atomic E-state index is 0.0320. The van der Waals surface area contributed by atoms with Crippen LogP contribution in [0.15, 0.2) is 35.6 Å². The van der Waals surface area contributed by atoms with Crippen molar-refractivity contribution in [1.82, 2.24) is 15.1 Å². The van der Waals surface area contributed by atoms with Crippen LogP contribution in [0, 0.1) is 5.82 Å². The van der Waals surface area contributed by atoms with Crippen molar-refractivity contribution in [3.63, 3.8) is 0 Å². The predicted octanol–water partition coefficient (Wildman–Crippen LogP) is 1.02. The van der Waals surface area contributed by atoms with E-state index in [-0.39, 0.29) is 11.1 Å². The molecular weight excluding hydrogens is 325 g/mol. The first-order valence-corrected chi connectivity index (χ1v) is 8.43. The Hall–Kier alpha value is -2.25. The molecule has 6 nitrogen and oxygen atoms in total. The van der Waals surface area contributed by atoms with E-state index in [1.54, 1.807) is 18.2 Å². The van der Waals surface area contributed by atoms with E-state index >= 15 is 0 Å². The number of halogens is 1. The summed E-state index contributed by atoms with van der Waals surface area (Å²) in [5.41, 5.74) is 0.195. The van der Waals surface area contributed by atoms with Gasteiger partial charge < -0.3 is 15.3 Å². The van der Waals surface area contributed by atoms with Crippen molar-refractivity contribution in [2.75, 3.05) is 39.3 Å². The monoisotopic (exact) mass is 347 g/mol. The van der Waals surface area contributed by atoms with Crippen LogP contribution in [0.2, 0.25) is 0 Å². The second-order valence-electron chi connectivity index (χ2n) is 6.33. The summed E-state index contributed by atoms with van der Waals surface area (Å²) in [6, 6.07) is 5.17. The number of carbonyl (C=O) groups is 2. The summed E-state index contributed by atoms with van der Waals surface area (Å²) in [7, 11) is 0. The van der Waals surface area contributed by atoms with Crippen molar-refractivity contribution in [2.45, 2.75) is 13.0 Å². The Morgan fingerprint density at radius 3 is 2.60 bits per heavy atom. The number of nitrogens with one attached hydrogen (secondary N) is 1. The van der Waals surface area contributed by atoms with Gasteiger partial charge in [0.15, 0.2) is 11.5 Å². The maximum atomic E-state index is 14.3. The van der Waals surface area contributed by atoms with Crippen molar-refractivity contribution < 1.29 is 19.1 Å². The number of hydrogen-bond acceptors (Lipinski definition) is 5. The summed E-state index contributed by atoms with van der Waals surface area (Å²) in [6.07, 6.45) is 0. The van der Waals surface area contributed by atoms with Gasteiger partial charge in [0, 0.05) is 44.8 Å². The van der Waals surface area contributed by atoms with Crippen molar-refractivity contribution in [2.24, 2.45) is 0 Å². The second-order valence-corrected chi connectivity index (χ2v) is 6.33. The zero-order valence-electron chi connectivity index (χ0n) is 14.2. The van der Waals surface area contributed by atoms with Crippen LogP contribution in [0.25, 0.3) is 0 Å². The highest BCUT2D eigenvalue weighted by atomic mass is 19.1. The molecule has 2 aliphatic heterocycles. The fourth-order valence-corrected chi connectivity index (χ4v) is 3.45. The van der Waals surface area contributed by atoms with Gasteiger partial charge in [0.05, 0.1) is 11.6 Å². The summed E-state index contributed by atoms with van der Waals surface area (Å²) in [6.45, 7) is 5.71. The van der Waals surface area contributed by atoms with Crippen LogP contribution in [-0.4, -0.2) is 65.9 Å². The predicted molar refractivity (Wildman–Crippen MR) is 90.5 cm³/mol. The first-order chi connectivity index (χ1) is 12.0. The van der Waals surface area contributed by atoms with Gasteiger partial charge in [-0.3, -0.25) is 14.5 Å². The highest BCUT2D eigenvalue weighted by Gasteiger charge is 2.43. The van der Waals surface area contributed by atoms with Gasteiger partial charge in [0.25, 0.3) is 5.91 Å². The first kappa shape index (κ1) is 17.6. The Balaban J connectivity index is 1.88. The van der Waals surface area contributed by atoms with E-state index in [0.29, 0.717) is 13.1 Å². The largest absolute Gasteiger partial charge is 0.503 e. The summed E-state index contributed by atoms with van der Waals surface area (Å²) < 4.78 is 14.3. The van der Waals surface area contributed by atoms with Crippen LogP contribution in [0.3, 0.4) is 0 Å². The van der Waals surface area contributed by atoms with Gasteiger partial charge >= 0.3 is 0 Å². The SMILES string of the molecule is CC(=O)C1=C(O)C(=O)N(CCN2CCNCC2)[C@@H]1c1ccccc1F. The average molecular weight is 347 g/mol. The van der Waals surface area contributed by atoms with Crippen LogP contribution >= 0.6 is 0 Å². The number of piperazine rings is 1. The third-order valence-electron chi connectivity index (χ3n) is 4.75. The lowest BCUT2D eigenvalue weighted by Gasteiger charge is -2.32. The molecule has 0 unspecified atom stereocenters. The van der Waals surface area contributed by atoms with Crippen molar-refractivity contribution >= 4 is 11.7 Å². The number of amides is 1. The molecule has 0 saturated carbocycles. The zero-order valence-corrected chi connectivity index (χ0v) is 14.2. The number of aliphatic hydroxyl groups excluding tert-OH is 1. The molecule has 25 heavy (non-hydrogen) atoms. The number of hydrogen-bond donors (Lipinski definition) is 2. The summed E-state index contributed by atoms with van der Waals surface area (Å²) in [5, 5.41) is 13.4. The van der Waals surface area contributed by atoms with E-state index in [1.807, 2.05) is 0 Å². The number of ketones is 1. The van der Waals surface area contributed by atoms with Gasteiger partial charge in [-0.05, 0) is 13.0 Å². The van der Waals surface area contributed by atoms with Gasteiger partial charge in [-0.25, -0.2) is 4.39 Å². The van der Waals surface area contributed by atoms with E-state index < -0.39 is 29.3 Å². The maximum absolute atomic E-state index is 14.3. The normalized spacial score (nSPS) is 21.9. The molecule has 0 radical (unpaired) electrons. The minimum atomic E-state index is -0.880. The Bertz CT molecular complexity index is 713. The molecule has 1 saturated heterocycles. The molecule has 1 aromatic rings. The third-order valence-corrected chi connectivity index (χ3v) is 4.75. The second kappa shape index (κ2) is 7.33. The molecule has 2 heterocycles. The Kier molecular flexibility index (Phi) is 5.15. The van der Waals surface area contributed by atoms with E-state index in [2.05, 4.69) is 10.2 Å². The van der Waals surface area contributed by atoms with Crippen molar-refractivity contribution in [3.8, 4) is 0 Å². The van der Waals surface area contributed by atoms with E-state index in [9.17, 15) is 19.1 Å². The molecule has 7 heteroatoms. The number of benzene rings is 1. The summed E-state index contributed by atoms with van der Waals surface area (Å²) in [4.78, 5) is 28.1. The van der Waals surface area contributed by atoms with E-state index in [1.165, 1.54) is 17.9 Å². The fourth-order valence-electron chi connectivity index (χ4n) is 3.45. The van der Waals surface area contributed by atoms with Gasteiger partial charge in [0.1, 0.15) is 5.82 Å². The molecule has 1 amide bonds. The molecule has 3 rings (SSSR count). The first-order valence-electron chi connectivity index (χ1n) is 8.43. The summed E-state index contributed by atoms with van der Waals surface area (Å²) >= 11 is 0. The highest BCUT2D eigenvalue weighted by Crippen LogP contribution is 2.38. The maximum Gasteiger partial charge on any atom is 0.290 e. The van der Waals surface area contributed by atoms with Gasteiger partial charge in [0.2, 0.25) is 0 Å². The summed E-state index contributed by atoms with van der Waals surface area (Å²) in [5.74, 6) is -2.11. The quantitative estimate of drug-likeness (QED) is 0.832. The molecule has 2 N–H and O–H groups in total. The smallest absolute Gasteiger partial charge is 0.290 e. The number of carbonyl (C=O) groups excluding carboxylic acids is 2. The van der Waals surface area contributed by atoms with E-state index in [4.69, 9.17) is 0 Å². The lowest BCUT2D eigenvalue weighted by molar-refractivity contribution is -0.129. The molecule has 134 valence electrons. The van der Waals surface area contributed by atoms with Crippen LogP contribution in [0.4, 0.5) is 4.39 Å². The van der Waals surface area contributed by atoms with Crippen LogP contribution < -0.4 is 5.32 Å². The number of rotatable bonds is 5. The van der Waals surface area contributed by atoms with Crippen LogP contribution in [-0.2, 0) is 9.59 Å². The molecule has 2 aliphatic rings. The molecule has 1 atom stereocenters. The number of Topliss-reactive ketones (excluding diaryl/α,β-unsaturated/α-hetero) is 1. The topological polar surface area (TPSA) is 72.9 Å².